The minimum atomic E-state index is -0.185. The first-order chi connectivity index (χ1) is 13.7. The lowest BCUT2D eigenvalue weighted by Gasteiger charge is -2.15. The van der Waals surface area contributed by atoms with Crippen LogP contribution in [0.25, 0.3) is 33.8 Å². The molecule has 6 nitrogen and oxygen atoms in total. The summed E-state index contributed by atoms with van der Waals surface area (Å²) in [5, 5.41) is 5.80. The van der Waals surface area contributed by atoms with Crippen LogP contribution in [0, 0.1) is 0 Å². The largest absolute Gasteiger partial charge is 0.479 e. The number of nitrogens with zero attached hydrogens (tertiary/aromatic N) is 4. The second-order valence-electron chi connectivity index (χ2n) is 7.86. The molecule has 0 unspecified atom stereocenters. The van der Waals surface area contributed by atoms with E-state index in [4.69, 9.17) is 32.9 Å². The van der Waals surface area contributed by atoms with Gasteiger partial charge in [-0.2, -0.15) is 5.10 Å². The van der Waals surface area contributed by atoms with E-state index in [2.05, 4.69) is 35.8 Å². The minimum absolute atomic E-state index is 0. The molecule has 3 heterocycles. The molecule has 0 spiro atoms. The number of benzene rings is 1. The quantitative estimate of drug-likeness (QED) is 0.398. The van der Waals surface area contributed by atoms with Gasteiger partial charge in [0.1, 0.15) is 5.69 Å². The molecule has 1 N–H and O–H groups in total. The van der Waals surface area contributed by atoms with Crippen molar-refractivity contribution in [1.82, 2.24) is 24.7 Å². The molecule has 4 aromatic rings. The third kappa shape index (κ3) is 3.75. The summed E-state index contributed by atoms with van der Waals surface area (Å²) in [6, 6.07) is 9.46. The Morgan fingerprint density at radius 3 is 2.40 bits per heavy atom. The number of nitrogens with one attached hydrogen (secondary N) is 1. The number of aromatic amines is 1. The first-order valence-corrected chi connectivity index (χ1v) is 9.89. The van der Waals surface area contributed by atoms with Crippen LogP contribution in [-0.4, -0.2) is 31.8 Å². The Bertz CT molecular complexity index is 1220. The van der Waals surface area contributed by atoms with Crippen molar-refractivity contribution in [3.63, 3.8) is 0 Å². The smallest absolute Gasteiger partial charge is 0.242 e. The first-order valence-electron chi connectivity index (χ1n) is 9.13. The van der Waals surface area contributed by atoms with Gasteiger partial charge in [-0.15, -0.1) is 12.4 Å². The standard InChI is InChI=1S/C21H21Cl2N5O.ClH/c1-21(2,3)18-15(23)17(28(4)27-18)19-24-14-10-13(11-8-6-7-9-12(11)22)25-20(29-5)16(14)26-19;/h6-10H,1-5H3,(H,24,26);1H. The molecule has 0 aliphatic carbocycles. The highest BCUT2D eigenvalue weighted by atomic mass is 35.5. The minimum Gasteiger partial charge on any atom is -0.479 e. The molecule has 0 aliphatic rings. The number of imidazole rings is 1. The molecule has 0 saturated heterocycles. The summed E-state index contributed by atoms with van der Waals surface area (Å²) < 4.78 is 7.25. The maximum absolute atomic E-state index is 6.69. The monoisotopic (exact) mass is 465 g/mol. The molecule has 0 saturated carbocycles. The number of methoxy groups -OCH3 is 1. The average molecular weight is 467 g/mol. The normalized spacial score (nSPS) is 11.6. The predicted molar refractivity (Wildman–Crippen MR) is 124 cm³/mol. The highest BCUT2D eigenvalue weighted by molar-refractivity contribution is 6.34. The highest BCUT2D eigenvalue weighted by Crippen LogP contribution is 2.37. The number of H-pyrrole nitrogens is 1. The second kappa shape index (κ2) is 8.10. The number of ether oxygens (including phenoxy) is 1. The van der Waals surface area contributed by atoms with Crippen molar-refractivity contribution < 1.29 is 4.74 Å². The molecular weight excluding hydrogens is 445 g/mol. The summed E-state index contributed by atoms with van der Waals surface area (Å²) in [6.45, 7) is 6.23. The van der Waals surface area contributed by atoms with E-state index in [1.54, 1.807) is 11.8 Å². The number of hydrogen-bond donors (Lipinski definition) is 1. The third-order valence-corrected chi connectivity index (χ3v) is 5.39. The van der Waals surface area contributed by atoms with Crippen LogP contribution in [0.2, 0.25) is 10.0 Å². The zero-order valence-corrected chi connectivity index (χ0v) is 19.6. The molecule has 9 heteroatoms. The van der Waals surface area contributed by atoms with Gasteiger partial charge in [0.15, 0.2) is 11.3 Å². The van der Waals surface area contributed by atoms with Crippen molar-refractivity contribution in [3.05, 3.63) is 46.1 Å². The lowest BCUT2D eigenvalue weighted by atomic mass is 9.92. The van der Waals surface area contributed by atoms with Gasteiger partial charge in [0.25, 0.3) is 0 Å². The van der Waals surface area contributed by atoms with Gasteiger partial charge < -0.3 is 9.72 Å². The fourth-order valence-corrected chi connectivity index (χ4v) is 4.05. The molecule has 4 rings (SSSR count). The fraction of sp³-hybridized carbons (Fsp3) is 0.286. The first kappa shape index (κ1) is 22.4. The van der Waals surface area contributed by atoms with Crippen LogP contribution in [0.1, 0.15) is 26.5 Å². The highest BCUT2D eigenvalue weighted by Gasteiger charge is 2.27. The zero-order valence-electron chi connectivity index (χ0n) is 17.2. The molecule has 0 fully saturated rings. The summed E-state index contributed by atoms with van der Waals surface area (Å²) in [6.07, 6.45) is 0. The number of halogens is 3. The van der Waals surface area contributed by atoms with E-state index >= 15 is 0 Å². The van der Waals surface area contributed by atoms with E-state index < -0.39 is 0 Å². The van der Waals surface area contributed by atoms with Gasteiger partial charge in [-0.05, 0) is 12.1 Å². The molecule has 0 amide bonds. The fourth-order valence-electron chi connectivity index (χ4n) is 3.28. The van der Waals surface area contributed by atoms with Crippen molar-refractivity contribution in [2.75, 3.05) is 7.11 Å². The summed E-state index contributed by atoms with van der Waals surface area (Å²) >= 11 is 13.0. The molecule has 0 bridgehead atoms. The van der Waals surface area contributed by atoms with Crippen LogP contribution in [0.5, 0.6) is 5.88 Å². The van der Waals surface area contributed by atoms with E-state index in [9.17, 15) is 0 Å². The van der Waals surface area contributed by atoms with Crippen LogP contribution in [0.3, 0.4) is 0 Å². The summed E-state index contributed by atoms with van der Waals surface area (Å²) in [7, 11) is 3.43. The lowest BCUT2D eigenvalue weighted by Crippen LogP contribution is -2.12. The molecule has 0 radical (unpaired) electrons. The predicted octanol–water partition coefficient (Wildman–Crippen LogP) is 6.06. The molecular formula is C21H22Cl3N5O. The Labute approximate surface area is 191 Å². The molecule has 3 aromatic heterocycles. The number of aryl methyl sites for hydroxylation is 1. The second-order valence-corrected chi connectivity index (χ2v) is 8.65. The van der Waals surface area contributed by atoms with Crippen LogP contribution in [0.15, 0.2) is 30.3 Å². The summed E-state index contributed by atoms with van der Waals surface area (Å²) in [4.78, 5) is 12.7. The topological polar surface area (TPSA) is 68.6 Å². The van der Waals surface area contributed by atoms with Gasteiger partial charge in [0.2, 0.25) is 5.88 Å². The van der Waals surface area contributed by atoms with Gasteiger partial charge in [0, 0.05) is 23.0 Å². The van der Waals surface area contributed by atoms with Crippen LogP contribution in [0.4, 0.5) is 0 Å². The molecule has 0 atom stereocenters. The molecule has 1 aromatic carbocycles. The molecule has 158 valence electrons. The number of rotatable bonds is 3. The SMILES string of the molecule is COc1nc(-c2ccccc2Cl)cc2[nH]c(-c3c(Cl)c(C(C)(C)C)nn3C)nc12.Cl. The van der Waals surface area contributed by atoms with Crippen LogP contribution in [-0.2, 0) is 12.5 Å². The third-order valence-electron chi connectivity index (χ3n) is 4.70. The van der Waals surface area contributed by atoms with Gasteiger partial charge >= 0.3 is 0 Å². The number of aromatic nitrogens is 5. The number of pyridine rings is 1. The van der Waals surface area contributed by atoms with E-state index in [-0.39, 0.29) is 17.8 Å². The summed E-state index contributed by atoms with van der Waals surface area (Å²) in [5.41, 5.74) is 4.26. The van der Waals surface area contributed by atoms with E-state index in [0.717, 1.165) is 16.8 Å². The Morgan fingerprint density at radius 2 is 1.80 bits per heavy atom. The lowest BCUT2D eigenvalue weighted by molar-refractivity contribution is 0.403. The Kier molecular flexibility index (Phi) is 6.05. The van der Waals surface area contributed by atoms with Crippen molar-refractivity contribution in [2.45, 2.75) is 26.2 Å². The van der Waals surface area contributed by atoms with Crippen molar-refractivity contribution in [2.24, 2.45) is 7.05 Å². The van der Waals surface area contributed by atoms with Crippen LogP contribution >= 0.6 is 35.6 Å². The van der Waals surface area contributed by atoms with Crippen molar-refractivity contribution >= 4 is 46.6 Å². The Morgan fingerprint density at radius 1 is 1.10 bits per heavy atom. The van der Waals surface area contributed by atoms with Crippen LogP contribution < -0.4 is 4.74 Å². The van der Waals surface area contributed by atoms with Gasteiger partial charge in [-0.3, -0.25) is 4.68 Å². The van der Waals surface area contributed by atoms with Gasteiger partial charge in [0.05, 0.1) is 29.0 Å². The average Bonchev–Trinajstić information content (AvgIpc) is 3.21. The Hall–Kier alpha value is -2.28. The van der Waals surface area contributed by atoms with E-state index in [1.165, 1.54) is 0 Å². The van der Waals surface area contributed by atoms with E-state index in [1.807, 2.05) is 37.4 Å². The van der Waals surface area contributed by atoms with E-state index in [0.29, 0.717) is 38.7 Å². The molecule has 0 aliphatic heterocycles. The molecule has 30 heavy (non-hydrogen) atoms. The van der Waals surface area contributed by atoms with Crippen molar-refractivity contribution in [3.8, 4) is 28.7 Å². The Balaban J connectivity index is 0.00000256. The zero-order chi connectivity index (χ0) is 20.9. The number of hydrogen-bond acceptors (Lipinski definition) is 4. The van der Waals surface area contributed by atoms with Crippen molar-refractivity contribution in [1.29, 1.82) is 0 Å². The number of fused-ring (bicyclic) bond motifs is 1. The maximum atomic E-state index is 6.69. The maximum Gasteiger partial charge on any atom is 0.242 e. The summed E-state index contributed by atoms with van der Waals surface area (Å²) in [5.74, 6) is 1.01. The van der Waals surface area contributed by atoms with Gasteiger partial charge in [-0.1, -0.05) is 62.2 Å². The van der Waals surface area contributed by atoms with Gasteiger partial charge in [-0.25, -0.2) is 9.97 Å².